The van der Waals surface area contributed by atoms with E-state index in [-0.39, 0.29) is 18.7 Å². The maximum absolute atomic E-state index is 14.7. The molecule has 0 aliphatic carbocycles. The third kappa shape index (κ3) is 9.10. The Morgan fingerprint density at radius 3 is 2.26 bits per heavy atom. The van der Waals surface area contributed by atoms with E-state index < -0.39 is 35.6 Å². The number of aryl methyl sites for hydroxylation is 1. The van der Waals surface area contributed by atoms with E-state index in [1.807, 2.05) is 72.8 Å². The molecule has 0 bridgehead atoms. The van der Waals surface area contributed by atoms with Crippen LogP contribution in [0.2, 0.25) is 0 Å². The first-order chi connectivity index (χ1) is 22.0. The van der Waals surface area contributed by atoms with E-state index in [1.165, 1.54) is 4.90 Å². The highest BCUT2D eigenvalue weighted by Crippen LogP contribution is 2.34. The van der Waals surface area contributed by atoms with Crippen molar-refractivity contribution in [1.29, 1.82) is 0 Å². The van der Waals surface area contributed by atoms with Crippen LogP contribution in [0.25, 0.3) is 10.8 Å². The Balaban J connectivity index is 1.78. The summed E-state index contributed by atoms with van der Waals surface area (Å²) in [5.74, 6) is -0.990. The number of amides is 3. The van der Waals surface area contributed by atoms with Crippen LogP contribution in [0, 0.1) is 6.92 Å². The first-order valence-electron chi connectivity index (χ1n) is 15.9. The lowest BCUT2D eigenvalue weighted by molar-refractivity contribution is -0.141. The number of carbonyl (C=O) groups excluding carboxylic acids is 3. The van der Waals surface area contributed by atoms with Crippen LogP contribution in [0.3, 0.4) is 0 Å². The van der Waals surface area contributed by atoms with Crippen molar-refractivity contribution >= 4 is 34.4 Å². The summed E-state index contributed by atoms with van der Waals surface area (Å²) >= 11 is 0. The van der Waals surface area contributed by atoms with Crippen LogP contribution in [-0.4, -0.2) is 46.1 Å². The summed E-state index contributed by atoms with van der Waals surface area (Å²) in [4.78, 5) is 43.6. The van der Waals surface area contributed by atoms with Gasteiger partial charge in [0.1, 0.15) is 23.4 Å². The summed E-state index contributed by atoms with van der Waals surface area (Å²) in [6.07, 6.45) is 1.80. The van der Waals surface area contributed by atoms with Gasteiger partial charge in [-0.1, -0.05) is 98.6 Å². The highest BCUT2D eigenvalue weighted by molar-refractivity contribution is 6.00. The van der Waals surface area contributed by atoms with Gasteiger partial charge in [0.05, 0.1) is 0 Å². The maximum Gasteiger partial charge on any atom is 0.408 e. The molecule has 4 aromatic carbocycles. The quantitative estimate of drug-likeness (QED) is 0.140. The molecule has 0 aliphatic rings. The summed E-state index contributed by atoms with van der Waals surface area (Å²) in [7, 11) is 0. The van der Waals surface area contributed by atoms with Crippen molar-refractivity contribution < 1.29 is 24.2 Å². The van der Waals surface area contributed by atoms with Crippen LogP contribution in [-0.2, 0) is 20.7 Å². The number of phenols is 1. The fraction of sp³-hybridized carbons (Fsp3) is 0.342. The number of alkyl carbamates (subject to hydrolysis) is 1. The lowest BCUT2D eigenvalue weighted by Crippen LogP contribution is -2.53. The van der Waals surface area contributed by atoms with Crippen molar-refractivity contribution in [2.24, 2.45) is 0 Å². The van der Waals surface area contributed by atoms with Crippen molar-refractivity contribution in [3.05, 3.63) is 108 Å². The van der Waals surface area contributed by atoms with E-state index in [2.05, 4.69) is 17.6 Å². The molecule has 0 heterocycles. The molecule has 4 rings (SSSR count). The Hall–Kier alpha value is -4.85. The molecule has 0 saturated carbocycles. The largest absolute Gasteiger partial charge is 0.507 e. The molecular formula is C38H45N3O5. The minimum Gasteiger partial charge on any atom is -0.507 e. The minimum atomic E-state index is -1.19. The third-order valence-corrected chi connectivity index (χ3v) is 7.70. The predicted molar refractivity (Wildman–Crippen MR) is 183 cm³/mol. The zero-order valence-electron chi connectivity index (χ0n) is 27.4. The smallest absolute Gasteiger partial charge is 0.408 e. The van der Waals surface area contributed by atoms with Gasteiger partial charge in [0.15, 0.2) is 0 Å². The van der Waals surface area contributed by atoms with Gasteiger partial charge in [-0.05, 0) is 68.1 Å². The van der Waals surface area contributed by atoms with Gasteiger partial charge in [-0.15, -0.1) is 0 Å². The molecule has 0 aliphatic heterocycles. The fourth-order valence-corrected chi connectivity index (χ4v) is 5.43. The normalized spacial score (nSPS) is 12.6. The van der Waals surface area contributed by atoms with Crippen LogP contribution in [0.4, 0.5) is 10.5 Å². The Morgan fingerprint density at radius 2 is 1.57 bits per heavy atom. The van der Waals surface area contributed by atoms with E-state index in [0.717, 1.165) is 29.2 Å². The molecule has 0 saturated heterocycles. The van der Waals surface area contributed by atoms with Gasteiger partial charge in [0.25, 0.3) is 5.91 Å². The van der Waals surface area contributed by atoms with Gasteiger partial charge in [-0.25, -0.2) is 4.79 Å². The summed E-state index contributed by atoms with van der Waals surface area (Å²) in [5.41, 5.74) is 1.50. The highest BCUT2D eigenvalue weighted by Gasteiger charge is 2.37. The predicted octanol–water partition coefficient (Wildman–Crippen LogP) is 7.69. The van der Waals surface area contributed by atoms with Crippen LogP contribution >= 0.6 is 0 Å². The number of phenolic OH excluding ortho intramolecular Hbond substituents is 1. The Labute approximate surface area is 271 Å². The average Bonchev–Trinajstić information content (AvgIpc) is 3.01. The molecule has 0 fully saturated rings. The lowest BCUT2D eigenvalue weighted by Gasteiger charge is -2.35. The van der Waals surface area contributed by atoms with Crippen molar-refractivity contribution in [2.45, 2.75) is 78.0 Å². The fourth-order valence-electron chi connectivity index (χ4n) is 5.43. The molecule has 3 N–H and O–H groups in total. The van der Waals surface area contributed by atoms with E-state index >= 15 is 0 Å². The number of benzene rings is 4. The van der Waals surface area contributed by atoms with Gasteiger partial charge in [-0.2, -0.15) is 0 Å². The lowest BCUT2D eigenvalue weighted by atomic mass is 9.97. The molecule has 2 atom stereocenters. The maximum atomic E-state index is 14.7. The highest BCUT2D eigenvalue weighted by atomic mass is 16.6. The number of nitrogens with one attached hydrogen (secondary N) is 2. The monoisotopic (exact) mass is 623 g/mol. The van der Waals surface area contributed by atoms with Crippen molar-refractivity contribution in [3.8, 4) is 5.75 Å². The Morgan fingerprint density at radius 1 is 0.870 bits per heavy atom. The number of anilines is 1. The number of carbonyl (C=O) groups is 3. The van der Waals surface area contributed by atoms with Gasteiger partial charge in [0.2, 0.25) is 5.91 Å². The van der Waals surface area contributed by atoms with Gasteiger partial charge >= 0.3 is 6.09 Å². The van der Waals surface area contributed by atoms with Gasteiger partial charge < -0.3 is 25.4 Å². The number of unbranched alkanes of at least 4 members (excludes halogenated alkanes) is 2. The van der Waals surface area contributed by atoms with Crippen LogP contribution in [0.5, 0.6) is 5.75 Å². The average molecular weight is 624 g/mol. The number of rotatable bonds is 12. The third-order valence-electron chi connectivity index (χ3n) is 7.70. The number of para-hydroxylation sites is 1. The topological polar surface area (TPSA) is 108 Å². The Bertz CT molecular complexity index is 1650. The second-order valence-electron chi connectivity index (χ2n) is 12.6. The molecule has 0 radical (unpaired) electrons. The zero-order valence-corrected chi connectivity index (χ0v) is 27.4. The minimum absolute atomic E-state index is 0.0610. The molecule has 0 aromatic heterocycles. The summed E-state index contributed by atoms with van der Waals surface area (Å²) in [5, 5.41) is 19.0. The standard InChI is InChI=1S/C38H45N3O5/c1-6-7-13-23-41(36(44)32(24-27-16-9-8-10-17-27)40-37(45)46-38(3,4)5)33(31-20-14-15-26(2)34(31)42)35(43)39-30-22-21-28-18-11-12-19-29(28)25-30/h8-12,14-22,25,32-33,42H,6-7,13,23-24H2,1-5H3,(H,39,43)(H,40,45). The number of hydrogen-bond donors (Lipinski definition) is 3. The first-order valence-corrected chi connectivity index (χ1v) is 15.9. The van der Waals surface area contributed by atoms with E-state index in [9.17, 15) is 19.5 Å². The second kappa shape index (κ2) is 15.4. The first kappa shape index (κ1) is 34.0. The van der Waals surface area contributed by atoms with Crippen molar-refractivity contribution in [3.63, 3.8) is 0 Å². The molecule has 242 valence electrons. The van der Waals surface area contributed by atoms with Crippen LogP contribution in [0.1, 0.15) is 69.7 Å². The van der Waals surface area contributed by atoms with Crippen LogP contribution < -0.4 is 10.6 Å². The van der Waals surface area contributed by atoms with Gasteiger partial charge in [-0.3, -0.25) is 9.59 Å². The number of hydrogen-bond acceptors (Lipinski definition) is 5. The molecular weight excluding hydrogens is 578 g/mol. The van der Waals surface area contributed by atoms with Gasteiger partial charge in [0, 0.05) is 24.2 Å². The van der Waals surface area contributed by atoms with E-state index in [4.69, 9.17) is 4.74 Å². The molecule has 2 unspecified atom stereocenters. The van der Waals surface area contributed by atoms with Crippen molar-refractivity contribution in [2.75, 3.05) is 11.9 Å². The molecule has 8 heteroatoms. The van der Waals surface area contributed by atoms with Crippen molar-refractivity contribution in [1.82, 2.24) is 10.2 Å². The molecule has 8 nitrogen and oxygen atoms in total. The van der Waals surface area contributed by atoms with Crippen LogP contribution in [0.15, 0.2) is 91.0 Å². The molecule has 46 heavy (non-hydrogen) atoms. The van der Waals surface area contributed by atoms with E-state index in [1.54, 1.807) is 45.9 Å². The Kier molecular flexibility index (Phi) is 11.4. The zero-order chi connectivity index (χ0) is 33.3. The summed E-state index contributed by atoms with van der Waals surface area (Å²) in [6.45, 7) is 9.31. The number of nitrogens with zero attached hydrogens (tertiary/aromatic N) is 1. The number of ether oxygens (including phenoxy) is 1. The SMILES string of the molecule is CCCCCN(C(=O)C(Cc1ccccc1)NC(=O)OC(C)(C)C)C(C(=O)Nc1ccc2ccccc2c1)c1cccc(C)c1O. The molecule has 3 amide bonds. The summed E-state index contributed by atoms with van der Waals surface area (Å²) in [6, 6.07) is 25.8. The summed E-state index contributed by atoms with van der Waals surface area (Å²) < 4.78 is 5.54. The number of aromatic hydroxyl groups is 1. The number of fused-ring (bicyclic) bond motifs is 1. The van der Waals surface area contributed by atoms with E-state index in [0.29, 0.717) is 23.2 Å². The molecule has 4 aromatic rings. The molecule has 0 spiro atoms. The second-order valence-corrected chi connectivity index (χ2v) is 12.6.